The fourth-order valence-electron chi connectivity index (χ4n) is 3.96. The molecule has 38 heavy (non-hydrogen) atoms. The highest BCUT2D eigenvalue weighted by atomic mass is 32.2. The highest BCUT2D eigenvalue weighted by Gasteiger charge is 2.28. The Hall–Kier alpha value is -2.18. The third kappa shape index (κ3) is 10.9. The van der Waals surface area contributed by atoms with E-state index in [-0.39, 0.29) is 43.2 Å². The van der Waals surface area contributed by atoms with E-state index in [1.807, 2.05) is 42.5 Å². The van der Waals surface area contributed by atoms with Crippen LogP contribution in [0.3, 0.4) is 0 Å². The van der Waals surface area contributed by atoms with E-state index in [1.54, 1.807) is 0 Å². The van der Waals surface area contributed by atoms with Crippen LogP contribution in [0.2, 0.25) is 0 Å². The molecule has 5 N–H and O–H groups in total. The summed E-state index contributed by atoms with van der Waals surface area (Å²) in [5.41, 5.74) is 6.87. The Bertz CT molecular complexity index is 1160. The molecule has 2 rings (SSSR count). The number of hydrogen-bond donors (Lipinski definition) is 5. The zero-order valence-electron chi connectivity index (χ0n) is 22.3. The van der Waals surface area contributed by atoms with Gasteiger partial charge in [0.05, 0.1) is 12.4 Å². The normalized spacial score (nSPS) is 15.9. The van der Waals surface area contributed by atoms with E-state index in [4.69, 9.17) is 10.5 Å². The summed E-state index contributed by atoms with van der Waals surface area (Å²) in [5, 5.41) is 17.6. The maximum atomic E-state index is 13.3. The molecule has 2 aromatic carbocycles. The Labute approximate surface area is 231 Å². The van der Waals surface area contributed by atoms with Crippen molar-refractivity contribution in [3.8, 4) is 0 Å². The lowest BCUT2D eigenvalue weighted by atomic mass is 9.99. The summed E-state index contributed by atoms with van der Waals surface area (Å²) in [4.78, 5) is 25.1. The molecule has 0 heterocycles. The maximum Gasteiger partial charge on any atom is 0.326 e. The number of carbonyl (C=O) groups is 2. The molecule has 0 radical (unpaired) electrons. The summed E-state index contributed by atoms with van der Waals surface area (Å²) < 4.78 is 29.3. The van der Waals surface area contributed by atoms with Gasteiger partial charge in [-0.25, -0.2) is 13.2 Å². The van der Waals surface area contributed by atoms with Gasteiger partial charge in [-0.1, -0.05) is 62.7 Å². The Kier molecular flexibility index (Phi) is 13.0. The molecule has 0 aliphatic rings. The van der Waals surface area contributed by atoms with Gasteiger partial charge in [-0.05, 0) is 28.7 Å². The van der Waals surface area contributed by atoms with Gasteiger partial charge in [-0.2, -0.15) is 12.6 Å². The monoisotopic (exact) mass is 567 g/mol. The molecule has 0 aliphatic heterocycles. The molecular formula is C27H41N3O6S2. The van der Waals surface area contributed by atoms with Gasteiger partial charge < -0.3 is 26.2 Å². The first-order chi connectivity index (χ1) is 17.9. The van der Waals surface area contributed by atoms with E-state index in [2.05, 4.69) is 37.1 Å². The van der Waals surface area contributed by atoms with Gasteiger partial charge in [0.2, 0.25) is 5.91 Å². The van der Waals surface area contributed by atoms with Crippen molar-refractivity contribution < 1.29 is 27.9 Å². The Morgan fingerprint density at radius 3 is 2.45 bits per heavy atom. The minimum Gasteiger partial charge on any atom is -0.480 e. The van der Waals surface area contributed by atoms with Crippen molar-refractivity contribution in [2.75, 3.05) is 30.9 Å². The maximum absolute atomic E-state index is 13.3. The van der Waals surface area contributed by atoms with E-state index in [1.165, 1.54) is 0 Å². The third-order valence-electron chi connectivity index (χ3n) is 6.60. The number of carboxylic acid groups (broad SMARTS) is 1. The summed E-state index contributed by atoms with van der Waals surface area (Å²) in [7, 11) is -3.40. The van der Waals surface area contributed by atoms with Crippen molar-refractivity contribution in [3.05, 3.63) is 48.0 Å². The van der Waals surface area contributed by atoms with Gasteiger partial charge in [0, 0.05) is 37.1 Å². The van der Waals surface area contributed by atoms with Crippen LogP contribution in [-0.2, 0) is 30.6 Å². The zero-order valence-corrected chi connectivity index (χ0v) is 24.0. The van der Waals surface area contributed by atoms with Crippen LogP contribution < -0.4 is 16.4 Å². The predicted molar refractivity (Wildman–Crippen MR) is 154 cm³/mol. The molecule has 3 unspecified atom stereocenters. The van der Waals surface area contributed by atoms with Gasteiger partial charge in [0.1, 0.15) is 22.0 Å². The molecule has 0 saturated carbocycles. The first-order valence-electron chi connectivity index (χ1n) is 12.8. The van der Waals surface area contributed by atoms with E-state index in [9.17, 15) is 23.1 Å². The molecule has 5 atom stereocenters. The number of carboxylic acids is 1. The molecular weight excluding hydrogens is 526 g/mol. The van der Waals surface area contributed by atoms with Crippen molar-refractivity contribution in [2.24, 2.45) is 11.7 Å². The van der Waals surface area contributed by atoms with E-state index >= 15 is 0 Å². The van der Waals surface area contributed by atoms with Gasteiger partial charge in [-0.3, -0.25) is 4.79 Å². The first kappa shape index (κ1) is 32.0. The second kappa shape index (κ2) is 15.4. The topological polar surface area (TPSA) is 148 Å². The number of carbonyl (C=O) groups excluding carboxylic acids is 1. The Balaban J connectivity index is 2.24. The number of sulfone groups is 1. The number of aliphatic carboxylic acids is 1. The zero-order chi connectivity index (χ0) is 28.3. The number of amides is 1. The van der Waals surface area contributed by atoms with Gasteiger partial charge in [0.25, 0.3) is 0 Å². The SMILES string of the molecule is CC[C@H](C)C(COC(Cc1ccc2ccccc2c1)C(=O)N[C@H](CCS(C)(=O)=O)C(=O)O)NCC(N)CS. The van der Waals surface area contributed by atoms with Crippen molar-refractivity contribution >= 4 is 45.1 Å². The molecule has 0 saturated heterocycles. The number of ether oxygens (including phenoxy) is 1. The predicted octanol–water partition coefficient (Wildman–Crippen LogP) is 2.03. The lowest BCUT2D eigenvalue weighted by Crippen LogP contribution is -2.50. The number of nitrogens with two attached hydrogens (primary N) is 1. The molecule has 11 heteroatoms. The summed E-state index contributed by atoms with van der Waals surface area (Å²) >= 11 is 4.23. The molecule has 0 aliphatic carbocycles. The number of fused-ring (bicyclic) bond motifs is 1. The first-order valence-corrected chi connectivity index (χ1v) is 15.5. The second-order valence-electron chi connectivity index (χ2n) is 9.87. The average Bonchev–Trinajstić information content (AvgIpc) is 2.88. The lowest BCUT2D eigenvalue weighted by molar-refractivity contribution is -0.144. The standard InChI is InChI=1S/C27H41N3O6S2/c1-4-18(2)24(29-15-22(28)17-37)16-36-25(14-19-9-10-20-7-5-6-8-21(20)13-19)26(31)30-23(27(32)33)11-12-38(3,34)35/h5-10,13,18,22-25,29,37H,4,11-12,14-17,28H2,1-3H3,(H,30,31)(H,32,33)/t18-,22?,23+,24?,25?/m0/s1. The van der Waals surface area contributed by atoms with Crippen LogP contribution in [0.25, 0.3) is 10.8 Å². The molecule has 1 amide bonds. The third-order valence-corrected chi connectivity index (χ3v) is 8.05. The van der Waals surface area contributed by atoms with Crippen LogP contribution in [0.15, 0.2) is 42.5 Å². The van der Waals surface area contributed by atoms with Crippen molar-refractivity contribution in [2.45, 2.75) is 57.3 Å². The molecule has 0 spiro atoms. The van der Waals surface area contributed by atoms with Crippen LogP contribution in [0, 0.1) is 5.92 Å². The van der Waals surface area contributed by atoms with Gasteiger partial charge in [-0.15, -0.1) is 0 Å². The smallest absolute Gasteiger partial charge is 0.326 e. The van der Waals surface area contributed by atoms with Crippen molar-refractivity contribution in [1.29, 1.82) is 0 Å². The summed E-state index contributed by atoms with van der Waals surface area (Å²) in [6, 6.07) is 12.2. The van der Waals surface area contributed by atoms with E-state index < -0.39 is 33.9 Å². The van der Waals surface area contributed by atoms with E-state index in [0.29, 0.717) is 12.3 Å². The molecule has 212 valence electrons. The largest absolute Gasteiger partial charge is 0.480 e. The van der Waals surface area contributed by atoms with Crippen LogP contribution in [-0.4, -0.2) is 80.5 Å². The van der Waals surface area contributed by atoms with Crippen LogP contribution in [0.5, 0.6) is 0 Å². The fourth-order valence-corrected chi connectivity index (χ4v) is 4.75. The second-order valence-corrected chi connectivity index (χ2v) is 12.5. The van der Waals surface area contributed by atoms with Crippen molar-refractivity contribution in [3.63, 3.8) is 0 Å². The van der Waals surface area contributed by atoms with Crippen LogP contribution >= 0.6 is 12.6 Å². The minimum absolute atomic E-state index is 0.0849. The van der Waals surface area contributed by atoms with Gasteiger partial charge >= 0.3 is 5.97 Å². The van der Waals surface area contributed by atoms with Gasteiger partial charge in [0.15, 0.2) is 0 Å². The Morgan fingerprint density at radius 1 is 1.16 bits per heavy atom. The fraction of sp³-hybridized carbons (Fsp3) is 0.556. The van der Waals surface area contributed by atoms with Crippen molar-refractivity contribution in [1.82, 2.24) is 10.6 Å². The number of thiol groups is 1. The molecule has 0 fully saturated rings. The summed E-state index contributed by atoms with van der Waals surface area (Å²) in [5.74, 6) is -1.50. The highest BCUT2D eigenvalue weighted by Crippen LogP contribution is 2.18. The highest BCUT2D eigenvalue weighted by molar-refractivity contribution is 7.90. The number of nitrogens with one attached hydrogen (secondary N) is 2. The number of benzene rings is 2. The molecule has 0 bridgehead atoms. The van der Waals surface area contributed by atoms with Crippen LogP contribution in [0.4, 0.5) is 0 Å². The average molecular weight is 568 g/mol. The summed E-state index contributed by atoms with van der Waals surface area (Å²) in [6.07, 6.45) is 0.912. The molecule has 2 aromatic rings. The lowest BCUT2D eigenvalue weighted by Gasteiger charge is -2.28. The molecule has 9 nitrogen and oxygen atoms in total. The van der Waals surface area contributed by atoms with Crippen LogP contribution in [0.1, 0.15) is 32.3 Å². The molecule has 0 aromatic heterocycles. The quantitative estimate of drug-likeness (QED) is 0.182. The summed E-state index contributed by atoms with van der Waals surface area (Å²) in [6.45, 7) is 4.89. The number of rotatable bonds is 17. The minimum atomic E-state index is -3.40. The van der Waals surface area contributed by atoms with E-state index in [0.717, 1.165) is 29.0 Å². The Morgan fingerprint density at radius 2 is 1.84 bits per heavy atom. The number of hydrogen-bond acceptors (Lipinski definition) is 8.